The first kappa shape index (κ1) is 35.3. The highest BCUT2D eigenvalue weighted by atomic mass is 32.2. The molecule has 1 aliphatic heterocycles. The minimum Gasteiger partial charge on any atom is -0.456 e. The van der Waals surface area contributed by atoms with Crippen LogP contribution in [0.2, 0.25) is 0 Å². The summed E-state index contributed by atoms with van der Waals surface area (Å²) < 4.78 is 45.0. The molecule has 5 aromatic carbocycles. The number of benzene rings is 6. The highest BCUT2D eigenvalue weighted by Gasteiger charge is 2.25. The molecule has 52 heavy (non-hydrogen) atoms. The monoisotopic (exact) mass is 725 g/mol. The summed E-state index contributed by atoms with van der Waals surface area (Å²) in [5.74, 6) is 1.57. The van der Waals surface area contributed by atoms with Crippen molar-refractivity contribution in [3.05, 3.63) is 156 Å². The van der Waals surface area contributed by atoms with Crippen molar-refractivity contribution in [2.75, 3.05) is 23.7 Å². The smallest absolute Gasteiger partial charge is 0.295 e. The molecular weight excluding hydrogens is 685 g/mol. The molecule has 0 fully saturated rings. The quantitative estimate of drug-likeness (QED) is 0.0471. The fourth-order valence-electron chi connectivity index (χ4n) is 7.04. The second-order valence-corrected chi connectivity index (χ2v) is 15.4. The molecule has 1 N–H and O–H groups in total. The van der Waals surface area contributed by atoms with Crippen LogP contribution >= 0.6 is 11.8 Å². The van der Waals surface area contributed by atoms with Crippen molar-refractivity contribution in [3.63, 3.8) is 0 Å². The van der Waals surface area contributed by atoms with Crippen molar-refractivity contribution >= 4 is 49.9 Å². The van der Waals surface area contributed by atoms with Crippen LogP contribution in [0.15, 0.2) is 154 Å². The molecule has 6 nitrogen and oxygen atoms in total. The van der Waals surface area contributed by atoms with E-state index in [1.807, 2.05) is 60.3 Å². The van der Waals surface area contributed by atoms with E-state index in [1.165, 1.54) is 22.1 Å². The first-order chi connectivity index (χ1) is 25.2. The Morgan fingerprint density at radius 3 is 2.13 bits per heavy atom. The minimum atomic E-state index is -4.53. The maximum atomic E-state index is 12.7. The van der Waals surface area contributed by atoms with Gasteiger partial charge in [0.1, 0.15) is 22.8 Å². The van der Waals surface area contributed by atoms with Crippen molar-refractivity contribution in [2.24, 2.45) is 0 Å². The summed E-state index contributed by atoms with van der Waals surface area (Å²) in [6, 6.07) is 45.8. The van der Waals surface area contributed by atoms with E-state index in [-0.39, 0.29) is 4.90 Å². The maximum absolute atomic E-state index is 12.7. The van der Waals surface area contributed by atoms with Crippen LogP contribution in [-0.4, -0.2) is 31.8 Å². The van der Waals surface area contributed by atoms with Gasteiger partial charge in [-0.2, -0.15) is 13.0 Å². The number of anilines is 2. The molecule has 0 saturated heterocycles. The molecule has 262 valence electrons. The van der Waals surface area contributed by atoms with Crippen LogP contribution in [0.5, 0.6) is 0 Å². The summed E-state index contributed by atoms with van der Waals surface area (Å²) in [5, 5.41) is 1.72. The predicted octanol–water partition coefficient (Wildman–Crippen LogP) is 10.5. The Bertz CT molecular complexity index is 2490. The van der Waals surface area contributed by atoms with E-state index < -0.39 is 10.1 Å². The van der Waals surface area contributed by atoms with E-state index in [0.717, 1.165) is 58.6 Å². The zero-order valence-corrected chi connectivity index (χ0v) is 31.1. The molecule has 0 radical (unpaired) electrons. The number of aryl methyl sites for hydroxylation is 2. The van der Waals surface area contributed by atoms with Crippen LogP contribution in [0.3, 0.4) is 0 Å². The van der Waals surface area contributed by atoms with Gasteiger partial charge >= 0.3 is 0 Å². The number of hydrogen-bond donors (Lipinski definition) is 1. The van der Waals surface area contributed by atoms with E-state index in [1.54, 1.807) is 18.2 Å². The van der Waals surface area contributed by atoms with Gasteiger partial charge in [0.2, 0.25) is 11.0 Å². The number of para-hydroxylation sites is 2. The molecule has 1 heterocycles. The van der Waals surface area contributed by atoms with Gasteiger partial charge in [-0.05, 0) is 69.3 Å². The summed E-state index contributed by atoms with van der Waals surface area (Å²) in [4.78, 5) is 3.31. The normalized spacial score (nSPS) is 12.3. The predicted molar refractivity (Wildman–Crippen MR) is 215 cm³/mol. The standard InChI is InChI=1S/C44H40N2O4S2/c1-4-45(33-17-7-5-8-18-33)34-23-25-37-40(29-34)50-41-30-35(24-26-38(41)43(37)39-21-11-12-22-42(39)52(47,48)49)46(44-31(2)15-13-16-32(44)3)27-14-28-51-36-19-9-6-10-20-36/h5-13,15-26,29-30H,4,14,27-28H2,1-3H3/p+1. The maximum Gasteiger partial charge on any atom is 0.295 e. The molecule has 0 saturated carbocycles. The van der Waals surface area contributed by atoms with Crippen molar-refractivity contribution in [2.45, 2.75) is 37.0 Å². The zero-order chi connectivity index (χ0) is 36.2. The summed E-state index contributed by atoms with van der Waals surface area (Å²) in [6.07, 6.45) is 0.947. The lowest BCUT2D eigenvalue weighted by atomic mass is 9.93. The summed E-state index contributed by atoms with van der Waals surface area (Å²) in [6.45, 7) is 7.92. The van der Waals surface area contributed by atoms with Crippen molar-refractivity contribution < 1.29 is 17.4 Å². The fraction of sp³-hybridized carbons (Fsp3) is 0.159. The molecular formula is C44H41N2O4S2+. The van der Waals surface area contributed by atoms with E-state index in [9.17, 15) is 13.0 Å². The lowest BCUT2D eigenvalue weighted by Crippen LogP contribution is -2.28. The molecule has 7 rings (SSSR count). The van der Waals surface area contributed by atoms with E-state index in [2.05, 4.69) is 97.0 Å². The van der Waals surface area contributed by atoms with Crippen molar-refractivity contribution in [3.8, 4) is 22.5 Å². The molecule has 0 amide bonds. The Labute approximate surface area is 309 Å². The van der Waals surface area contributed by atoms with Crippen LogP contribution in [0.4, 0.5) is 17.1 Å². The number of fused-ring (bicyclic) bond motifs is 2. The number of hydrogen-bond acceptors (Lipinski definition) is 5. The van der Waals surface area contributed by atoms with E-state index in [0.29, 0.717) is 22.5 Å². The molecule has 0 bridgehead atoms. The molecule has 5 aromatic rings. The third kappa shape index (κ3) is 7.28. The first-order valence-corrected chi connectivity index (χ1v) is 19.9. The average Bonchev–Trinajstić information content (AvgIpc) is 3.15. The lowest BCUT2D eigenvalue weighted by molar-refractivity contribution is 0.483. The highest BCUT2D eigenvalue weighted by Crippen LogP contribution is 2.43. The molecule has 2 aliphatic rings. The summed E-state index contributed by atoms with van der Waals surface area (Å²) in [5.41, 5.74) is 7.97. The molecule has 0 atom stereocenters. The van der Waals surface area contributed by atoms with Crippen LogP contribution in [-0.2, 0) is 10.1 Å². The van der Waals surface area contributed by atoms with Gasteiger partial charge in [-0.15, -0.1) is 11.8 Å². The van der Waals surface area contributed by atoms with Gasteiger partial charge in [-0.25, -0.2) is 0 Å². The van der Waals surface area contributed by atoms with Gasteiger partial charge in [0, 0.05) is 80.3 Å². The molecule has 0 spiro atoms. The largest absolute Gasteiger partial charge is 0.456 e. The van der Waals surface area contributed by atoms with Gasteiger partial charge in [0.05, 0.1) is 6.07 Å². The second kappa shape index (κ2) is 15.2. The Morgan fingerprint density at radius 2 is 1.42 bits per heavy atom. The third-order valence-corrected chi connectivity index (χ3v) is 11.4. The topological polar surface area (TPSA) is 73.8 Å². The zero-order valence-electron chi connectivity index (χ0n) is 29.5. The second-order valence-electron chi connectivity index (χ2n) is 12.8. The Morgan fingerprint density at radius 1 is 0.731 bits per heavy atom. The summed E-state index contributed by atoms with van der Waals surface area (Å²) in [7, 11) is -4.53. The lowest BCUT2D eigenvalue weighted by Gasteiger charge is -2.24. The average molecular weight is 726 g/mol. The molecule has 0 unspecified atom stereocenters. The van der Waals surface area contributed by atoms with Crippen molar-refractivity contribution in [1.29, 1.82) is 0 Å². The Hall–Kier alpha value is -5.15. The van der Waals surface area contributed by atoms with Gasteiger partial charge < -0.3 is 9.32 Å². The fourth-order valence-corrected chi connectivity index (χ4v) is 8.60. The Balaban J connectivity index is 1.46. The highest BCUT2D eigenvalue weighted by molar-refractivity contribution is 7.99. The molecule has 1 aliphatic carbocycles. The number of thioether (sulfide) groups is 1. The van der Waals surface area contributed by atoms with Crippen LogP contribution < -0.4 is 14.8 Å². The number of nitrogens with zero attached hydrogens (tertiary/aromatic N) is 2. The van der Waals surface area contributed by atoms with Crippen LogP contribution in [0, 0.1) is 13.8 Å². The van der Waals surface area contributed by atoms with Crippen molar-refractivity contribution in [1.82, 2.24) is 4.58 Å². The molecule has 8 heteroatoms. The van der Waals surface area contributed by atoms with Gasteiger partial charge in [-0.1, -0.05) is 72.8 Å². The van der Waals surface area contributed by atoms with E-state index in [4.69, 9.17) is 4.42 Å². The number of rotatable bonds is 11. The van der Waals surface area contributed by atoms with Gasteiger partial charge in [-0.3, -0.25) is 4.55 Å². The summed E-state index contributed by atoms with van der Waals surface area (Å²) >= 11 is 1.85. The van der Waals surface area contributed by atoms with Crippen LogP contribution in [0.25, 0.3) is 33.4 Å². The first-order valence-electron chi connectivity index (χ1n) is 17.5. The minimum absolute atomic E-state index is 0.149. The molecule has 0 aromatic heterocycles. The van der Waals surface area contributed by atoms with Crippen LogP contribution in [0.1, 0.15) is 24.5 Å². The van der Waals surface area contributed by atoms with E-state index >= 15 is 0 Å². The van der Waals surface area contributed by atoms with Gasteiger partial charge in [0.15, 0.2) is 0 Å². The third-order valence-electron chi connectivity index (χ3n) is 9.38. The Kier molecular flexibility index (Phi) is 10.3. The SMILES string of the molecule is CCN(c1ccccc1)c1ccc2c(-c3ccccc3S(=O)(=O)O)c3ccc(=[N+](CCCSc4ccccc4)c4c(C)cccc4C)cc-3oc2c1. The van der Waals surface area contributed by atoms with Gasteiger partial charge in [0.25, 0.3) is 10.1 Å².